The molecular formula is C46H58N2O10. The number of hydrogen-bond donors (Lipinski definition) is 3. The van der Waals surface area contributed by atoms with Crippen LogP contribution in [-0.4, -0.2) is 79.5 Å². The standard InChI is InChI=1S/C46H57N2O10/c1-11-47(12-2)31-15-17-33(37(21-31)57-39(49)23-55-35-19-25(5)43(51)29(9)27(35)7)41-45(53)42(46(41)54)34-18-16-32(48(13-3)14-4)22-38(34)58-40(50)24-56-36-20-26(6)44(52)30(10)28(36)8/h15-22,31,33,41-42,45,51-52H,11-14,23-24H2,1-10H3/q-1/p+1. The number of carbonyl (C=O) groups excluding carboxylic acids is 3. The molecule has 0 aromatic heterocycles. The molecule has 2 aliphatic carbocycles. The summed E-state index contributed by atoms with van der Waals surface area (Å²) in [6.45, 7) is 20.8. The summed E-state index contributed by atoms with van der Waals surface area (Å²) in [7, 11) is 0. The van der Waals surface area contributed by atoms with Gasteiger partial charge in [-0.3, -0.25) is 4.79 Å². The van der Waals surface area contributed by atoms with Gasteiger partial charge in [-0.15, -0.1) is 6.10 Å². The summed E-state index contributed by atoms with van der Waals surface area (Å²) in [4.78, 5) is 44.2. The average molecular weight is 799 g/mol. The van der Waals surface area contributed by atoms with Crippen LogP contribution in [-0.2, 0) is 19.1 Å². The predicted octanol–water partition coefficient (Wildman–Crippen LogP) is 4.78. The number of quaternary nitrogens is 1. The van der Waals surface area contributed by atoms with E-state index in [2.05, 4.69) is 18.7 Å². The molecule has 0 radical (unpaired) electrons. The van der Waals surface area contributed by atoms with E-state index in [4.69, 9.17) is 18.9 Å². The number of ether oxygens (including phenoxy) is 4. The van der Waals surface area contributed by atoms with Gasteiger partial charge in [0.25, 0.3) is 0 Å². The highest BCUT2D eigenvalue weighted by Gasteiger charge is 2.50. The van der Waals surface area contributed by atoms with Gasteiger partial charge in [0.05, 0.1) is 13.1 Å². The molecule has 1 fully saturated rings. The fourth-order valence-electron chi connectivity index (χ4n) is 7.99. The molecule has 1 saturated carbocycles. The number of rotatable bonds is 16. The molecule has 3 aromatic rings. The third-order valence-electron chi connectivity index (χ3n) is 11.9. The van der Waals surface area contributed by atoms with Crippen molar-refractivity contribution in [2.75, 3.05) is 44.3 Å². The van der Waals surface area contributed by atoms with E-state index in [9.17, 15) is 29.7 Å². The Morgan fingerprint density at radius 1 is 0.741 bits per heavy atom. The Balaban J connectivity index is 1.38. The maximum absolute atomic E-state index is 14.3. The second-order valence-corrected chi connectivity index (χ2v) is 15.2. The SMILES string of the molecule is CCN(CC)c1ccc(C2C(=O)C(C3C=CC([NH+](CC)CC)C=C3OC(=O)COc3cc(C)c(O)c(C)c3C)C2[O-])c(OC(=O)COc2cc(C)c(O)c(C)c2C)c1. The van der Waals surface area contributed by atoms with E-state index in [-0.39, 0.29) is 34.8 Å². The van der Waals surface area contributed by atoms with Gasteiger partial charge in [0.2, 0.25) is 0 Å². The van der Waals surface area contributed by atoms with E-state index < -0.39 is 49.0 Å². The second-order valence-electron chi connectivity index (χ2n) is 15.2. The van der Waals surface area contributed by atoms with Gasteiger partial charge in [0.15, 0.2) is 13.2 Å². The van der Waals surface area contributed by atoms with Crippen LogP contribution >= 0.6 is 0 Å². The fraction of sp³-hybridized carbons (Fsp3) is 0.457. The molecule has 0 aliphatic heterocycles. The van der Waals surface area contributed by atoms with Gasteiger partial charge in [-0.25, -0.2) is 9.59 Å². The molecular weight excluding hydrogens is 741 g/mol. The largest absolute Gasteiger partial charge is 0.851 e. The number of nitrogens with one attached hydrogen (secondary N) is 1. The Morgan fingerprint density at radius 3 is 1.78 bits per heavy atom. The smallest absolute Gasteiger partial charge is 0.349 e. The molecule has 12 nitrogen and oxygen atoms in total. The molecule has 0 bridgehead atoms. The van der Waals surface area contributed by atoms with E-state index in [0.29, 0.717) is 63.5 Å². The van der Waals surface area contributed by atoms with Crippen LogP contribution in [0.15, 0.2) is 54.3 Å². The Kier molecular flexibility index (Phi) is 14.0. The average Bonchev–Trinajstić information content (AvgIpc) is 3.20. The van der Waals surface area contributed by atoms with Crippen LogP contribution in [0.3, 0.4) is 0 Å². The van der Waals surface area contributed by atoms with Crippen molar-refractivity contribution in [3.8, 4) is 28.7 Å². The number of anilines is 1. The van der Waals surface area contributed by atoms with Crippen molar-refractivity contribution >= 4 is 23.4 Å². The highest BCUT2D eigenvalue weighted by Crippen LogP contribution is 2.48. The van der Waals surface area contributed by atoms with Crippen molar-refractivity contribution in [1.82, 2.24) is 0 Å². The first kappa shape index (κ1) is 43.8. The number of esters is 2. The topological polar surface area (TPSA) is 159 Å². The molecule has 58 heavy (non-hydrogen) atoms. The second kappa shape index (κ2) is 18.5. The third-order valence-corrected chi connectivity index (χ3v) is 11.9. The number of nitrogens with zero attached hydrogens (tertiary/aromatic N) is 1. The van der Waals surface area contributed by atoms with Gasteiger partial charge >= 0.3 is 11.9 Å². The molecule has 312 valence electrons. The molecule has 12 heteroatoms. The van der Waals surface area contributed by atoms with Gasteiger partial charge in [-0.1, -0.05) is 12.1 Å². The number of benzene rings is 3. The van der Waals surface area contributed by atoms with E-state index >= 15 is 0 Å². The number of aryl methyl sites for hydroxylation is 2. The summed E-state index contributed by atoms with van der Waals surface area (Å²) >= 11 is 0. The lowest BCUT2D eigenvalue weighted by molar-refractivity contribution is -0.908. The Bertz CT molecular complexity index is 2100. The highest BCUT2D eigenvalue weighted by atomic mass is 16.6. The molecule has 0 heterocycles. The van der Waals surface area contributed by atoms with Gasteiger partial charge < -0.3 is 44.1 Å². The minimum Gasteiger partial charge on any atom is -0.851 e. The summed E-state index contributed by atoms with van der Waals surface area (Å²) in [5.41, 5.74) is 4.95. The van der Waals surface area contributed by atoms with Crippen LogP contribution < -0.4 is 29.1 Å². The fourth-order valence-corrected chi connectivity index (χ4v) is 7.99. The summed E-state index contributed by atoms with van der Waals surface area (Å²) in [5, 5.41) is 34.9. The van der Waals surface area contributed by atoms with Crippen LogP contribution in [0.4, 0.5) is 5.69 Å². The number of phenols is 2. The summed E-state index contributed by atoms with van der Waals surface area (Å²) in [6, 6.07) is 8.35. The van der Waals surface area contributed by atoms with Crippen molar-refractivity contribution in [1.29, 1.82) is 0 Å². The molecule has 5 rings (SSSR count). The molecule has 5 atom stereocenters. The number of allylic oxidation sites excluding steroid dienone is 1. The zero-order chi connectivity index (χ0) is 42.6. The van der Waals surface area contributed by atoms with Crippen molar-refractivity contribution in [3.05, 3.63) is 93.3 Å². The van der Waals surface area contributed by atoms with E-state index in [0.717, 1.165) is 18.8 Å². The van der Waals surface area contributed by atoms with Crippen LogP contribution in [0.1, 0.15) is 72.6 Å². The molecule has 5 unspecified atom stereocenters. The maximum Gasteiger partial charge on any atom is 0.349 e. The molecule has 0 amide bonds. The normalized spacial score (nSPS) is 20.0. The van der Waals surface area contributed by atoms with Crippen LogP contribution in [0.2, 0.25) is 0 Å². The first-order chi connectivity index (χ1) is 27.6. The summed E-state index contributed by atoms with van der Waals surface area (Å²) in [6.07, 6.45) is 4.14. The van der Waals surface area contributed by atoms with Crippen molar-refractivity contribution in [2.45, 2.75) is 87.3 Å². The summed E-state index contributed by atoms with van der Waals surface area (Å²) < 4.78 is 23.5. The Labute approximate surface area is 341 Å². The highest BCUT2D eigenvalue weighted by molar-refractivity contribution is 5.97. The minimum absolute atomic E-state index is 0.101. The predicted molar refractivity (Wildman–Crippen MR) is 219 cm³/mol. The third kappa shape index (κ3) is 8.88. The molecule has 3 aromatic carbocycles. The lowest BCUT2D eigenvalue weighted by Gasteiger charge is -2.51. The summed E-state index contributed by atoms with van der Waals surface area (Å²) in [5.74, 6) is -3.19. The zero-order valence-corrected chi connectivity index (χ0v) is 35.4. The lowest BCUT2D eigenvalue weighted by atomic mass is 9.61. The van der Waals surface area contributed by atoms with E-state index in [1.165, 1.54) is 4.90 Å². The Hall–Kier alpha value is -5.33. The molecule has 0 spiro atoms. The minimum atomic E-state index is -1.44. The van der Waals surface area contributed by atoms with Gasteiger partial charge in [-0.2, -0.15) is 0 Å². The van der Waals surface area contributed by atoms with Crippen molar-refractivity contribution in [3.63, 3.8) is 0 Å². The first-order valence-corrected chi connectivity index (χ1v) is 20.2. The van der Waals surface area contributed by atoms with E-state index in [1.807, 2.05) is 32.1 Å². The van der Waals surface area contributed by atoms with Crippen LogP contribution in [0.25, 0.3) is 0 Å². The molecule has 3 N–H and O–H groups in total. The number of aromatic hydroxyl groups is 2. The van der Waals surface area contributed by atoms with Crippen LogP contribution in [0, 0.1) is 53.4 Å². The molecule has 0 saturated heterocycles. The number of carbonyl (C=O) groups is 3. The van der Waals surface area contributed by atoms with Gasteiger partial charge in [-0.05, 0) is 127 Å². The number of Topliss-reactive ketones (excluding diaryl/α,β-unsaturated/α-hetero) is 1. The number of phenolic OH excluding ortho intramolecular Hbond substituents is 2. The number of hydrogen-bond acceptors (Lipinski definition) is 11. The zero-order valence-electron chi connectivity index (χ0n) is 35.4. The first-order valence-electron chi connectivity index (χ1n) is 20.2. The molecule has 2 aliphatic rings. The van der Waals surface area contributed by atoms with Gasteiger partial charge in [0.1, 0.15) is 46.3 Å². The van der Waals surface area contributed by atoms with E-state index in [1.54, 1.807) is 71.9 Å². The van der Waals surface area contributed by atoms with Crippen molar-refractivity contribution in [2.24, 2.45) is 11.8 Å². The van der Waals surface area contributed by atoms with Gasteiger partial charge in [0, 0.05) is 54.2 Å². The quantitative estimate of drug-likeness (QED) is 0.104. The number of likely N-dealkylation sites (N-methyl/N-ethyl adjacent to an activating group) is 1. The maximum atomic E-state index is 14.3. The van der Waals surface area contributed by atoms with Crippen LogP contribution in [0.5, 0.6) is 28.7 Å². The monoisotopic (exact) mass is 798 g/mol. The lowest BCUT2D eigenvalue weighted by Crippen LogP contribution is -3.14. The van der Waals surface area contributed by atoms with Crippen molar-refractivity contribution < 1.29 is 53.6 Å². The number of ketones is 1. The Morgan fingerprint density at radius 2 is 1.28 bits per heavy atom.